The molecular formula is C17H25IO. The number of halogens is 1. The standard InChI is InChI=1S/C17H25IO/c1-12-13(2)16(19-17(11-18)14(12)3)10-9-15-7-5-4-6-8-15/h4-8,12-14,16-17H,9-11H2,1-3H3/t12-,13+,14-,16+,17-/m1/s1. The predicted octanol–water partition coefficient (Wildman–Crippen LogP) is 4.73. The number of hydrogen-bond acceptors (Lipinski definition) is 1. The first kappa shape index (κ1) is 15.3. The van der Waals surface area contributed by atoms with E-state index in [1.165, 1.54) is 5.56 Å². The first-order valence-electron chi connectivity index (χ1n) is 7.38. The Labute approximate surface area is 131 Å². The summed E-state index contributed by atoms with van der Waals surface area (Å²) in [6.45, 7) is 7.10. The van der Waals surface area contributed by atoms with E-state index in [9.17, 15) is 0 Å². The average Bonchev–Trinajstić information content (AvgIpc) is 2.45. The van der Waals surface area contributed by atoms with Crippen LogP contribution in [0.25, 0.3) is 0 Å². The van der Waals surface area contributed by atoms with Crippen LogP contribution in [0.4, 0.5) is 0 Å². The van der Waals surface area contributed by atoms with Gasteiger partial charge in [-0.3, -0.25) is 0 Å². The SMILES string of the molecule is C[C@H]1[C@@H](C)[C@@H](CI)O[C@@H](CCc2ccccc2)[C@H]1C. The third-order valence-corrected chi connectivity index (χ3v) is 5.76. The molecule has 0 amide bonds. The molecule has 19 heavy (non-hydrogen) atoms. The minimum absolute atomic E-state index is 0.422. The van der Waals surface area contributed by atoms with Gasteiger partial charge in [0.25, 0.3) is 0 Å². The lowest BCUT2D eigenvalue weighted by atomic mass is 9.75. The second-order valence-electron chi connectivity index (χ2n) is 5.97. The summed E-state index contributed by atoms with van der Waals surface area (Å²) in [5.41, 5.74) is 1.43. The normalized spacial score (nSPS) is 35.3. The summed E-state index contributed by atoms with van der Waals surface area (Å²) < 4.78 is 7.45. The van der Waals surface area contributed by atoms with Crippen molar-refractivity contribution in [3.63, 3.8) is 0 Å². The Morgan fingerprint density at radius 2 is 1.58 bits per heavy atom. The van der Waals surface area contributed by atoms with Gasteiger partial charge in [-0.2, -0.15) is 0 Å². The van der Waals surface area contributed by atoms with Crippen molar-refractivity contribution in [3.05, 3.63) is 35.9 Å². The molecule has 1 saturated heterocycles. The van der Waals surface area contributed by atoms with Crippen LogP contribution in [0.2, 0.25) is 0 Å². The summed E-state index contributed by atoms with van der Waals surface area (Å²) >= 11 is 2.46. The molecule has 5 atom stereocenters. The highest BCUT2D eigenvalue weighted by molar-refractivity contribution is 14.1. The highest BCUT2D eigenvalue weighted by Crippen LogP contribution is 2.37. The maximum absolute atomic E-state index is 6.34. The minimum Gasteiger partial charge on any atom is -0.374 e. The number of alkyl halides is 1. The number of rotatable bonds is 4. The molecule has 2 rings (SSSR count). The third-order valence-electron chi connectivity index (χ3n) is 4.89. The zero-order valence-electron chi connectivity index (χ0n) is 12.2. The van der Waals surface area contributed by atoms with Gasteiger partial charge in [-0.15, -0.1) is 0 Å². The molecule has 0 aromatic heterocycles. The molecule has 0 bridgehead atoms. The molecule has 1 aromatic carbocycles. The van der Waals surface area contributed by atoms with Crippen molar-refractivity contribution in [2.24, 2.45) is 17.8 Å². The van der Waals surface area contributed by atoms with Gasteiger partial charge in [-0.05, 0) is 36.2 Å². The number of aryl methyl sites for hydroxylation is 1. The fourth-order valence-corrected chi connectivity index (χ4v) is 4.10. The second-order valence-corrected chi connectivity index (χ2v) is 6.85. The van der Waals surface area contributed by atoms with E-state index in [0.29, 0.717) is 24.0 Å². The molecule has 1 fully saturated rings. The Balaban J connectivity index is 1.95. The van der Waals surface area contributed by atoms with Crippen LogP contribution < -0.4 is 0 Å². The lowest BCUT2D eigenvalue weighted by Crippen LogP contribution is -2.45. The highest BCUT2D eigenvalue weighted by Gasteiger charge is 2.37. The molecule has 2 heteroatoms. The Kier molecular flexibility index (Phi) is 5.70. The first-order chi connectivity index (χ1) is 9.13. The molecule has 0 radical (unpaired) electrons. The fourth-order valence-electron chi connectivity index (χ4n) is 3.09. The van der Waals surface area contributed by atoms with Gasteiger partial charge in [-0.25, -0.2) is 0 Å². The molecule has 106 valence electrons. The molecule has 0 unspecified atom stereocenters. The lowest BCUT2D eigenvalue weighted by Gasteiger charge is -2.43. The van der Waals surface area contributed by atoms with E-state index in [0.717, 1.165) is 23.2 Å². The predicted molar refractivity (Wildman–Crippen MR) is 89.8 cm³/mol. The van der Waals surface area contributed by atoms with Crippen molar-refractivity contribution in [1.82, 2.24) is 0 Å². The fraction of sp³-hybridized carbons (Fsp3) is 0.647. The largest absolute Gasteiger partial charge is 0.374 e. The quantitative estimate of drug-likeness (QED) is 0.549. The van der Waals surface area contributed by atoms with Gasteiger partial charge in [0.15, 0.2) is 0 Å². The Hall–Kier alpha value is -0.0900. The summed E-state index contributed by atoms with van der Waals surface area (Å²) in [4.78, 5) is 0. The van der Waals surface area contributed by atoms with Crippen molar-refractivity contribution in [1.29, 1.82) is 0 Å². The van der Waals surface area contributed by atoms with E-state index in [2.05, 4.69) is 73.7 Å². The lowest BCUT2D eigenvalue weighted by molar-refractivity contribution is -0.123. The van der Waals surface area contributed by atoms with E-state index in [4.69, 9.17) is 4.74 Å². The molecule has 0 saturated carbocycles. The van der Waals surface area contributed by atoms with Gasteiger partial charge in [0.1, 0.15) is 0 Å². The van der Waals surface area contributed by atoms with E-state index >= 15 is 0 Å². The van der Waals surface area contributed by atoms with Crippen LogP contribution in [0.5, 0.6) is 0 Å². The summed E-state index contributed by atoms with van der Waals surface area (Å²) in [5.74, 6) is 2.10. The first-order valence-corrected chi connectivity index (χ1v) is 8.91. The molecule has 1 nitrogen and oxygen atoms in total. The van der Waals surface area contributed by atoms with Crippen molar-refractivity contribution < 1.29 is 4.74 Å². The second kappa shape index (κ2) is 7.07. The van der Waals surface area contributed by atoms with Crippen LogP contribution in [-0.4, -0.2) is 16.6 Å². The molecule has 0 spiro atoms. The van der Waals surface area contributed by atoms with Crippen LogP contribution in [0.3, 0.4) is 0 Å². The van der Waals surface area contributed by atoms with Crippen LogP contribution in [0.1, 0.15) is 32.8 Å². The van der Waals surface area contributed by atoms with E-state index in [-0.39, 0.29) is 0 Å². The van der Waals surface area contributed by atoms with Crippen molar-refractivity contribution >= 4 is 22.6 Å². The van der Waals surface area contributed by atoms with Gasteiger partial charge in [0.05, 0.1) is 12.2 Å². The highest BCUT2D eigenvalue weighted by atomic mass is 127. The van der Waals surface area contributed by atoms with Gasteiger partial charge in [-0.1, -0.05) is 73.7 Å². The number of benzene rings is 1. The monoisotopic (exact) mass is 372 g/mol. The zero-order chi connectivity index (χ0) is 13.8. The average molecular weight is 372 g/mol. The zero-order valence-corrected chi connectivity index (χ0v) is 14.3. The molecule has 1 aliphatic rings. The minimum atomic E-state index is 0.422. The summed E-state index contributed by atoms with van der Waals surface area (Å²) in [6.07, 6.45) is 3.14. The van der Waals surface area contributed by atoms with Crippen LogP contribution in [0, 0.1) is 17.8 Å². The van der Waals surface area contributed by atoms with Crippen LogP contribution in [-0.2, 0) is 11.2 Å². The van der Waals surface area contributed by atoms with Crippen LogP contribution in [0.15, 0.2) is 30.3 Å². The number of hydrogen-bond donors (Lipinski definition) is 0. The van der Waals surface area contributed by atoms with E-state index < -0.39 is 0 Å². The van der Waals surface area contributed by atoms with Gasteiger partial charge < -0.3 is 4.74 Å². The Morgan fingerprint density at radius 3 is 2.21 bits per heavy atom. The maximum atomic E-state index is 6.34. The van der Waals surface area contributed by atoms with Crippen molar-refractivity contribution in [2.75, 3.05) is 4.43 Å². The molecule has 0 N–H and O–H groups in total. The smallest absolute Gasteiger partial charge is 0.0696 e. The van der Waals surface area contributed by atoms with Crippen LogP contribution >= 0.6 is 22.6 Å². The van der Waals surface area contributed by atoms with Crippen molar-refractivity contribution in [2.45, 2.75) is 45.8 Å². The van der Waals surface area contributed by atoms with E-state index in [1.807, 2.05) is 0 Å². The molecular weight excluding hydrogens is 347 g/mol. The topological polar surface area (TPSA) is 9.23 Å². The Morgan fingerprint density at radius 1 is 0.947 bits per heavy atom. The van der Waals surface area contributed by atoms with Gasteiger partial charge in [0, 0.05) is 4.43 Å². The molecule has 0 aliphatic carbocycles. The van der Waals surface area contributed by atoms with Gasteiger partial charge >= 0.3 is 0 Å². The third kappa shape index (κ3) is 3.72. The molecule has 1 aliphatic heterocycles. The molecule has 1 aromatic rings. The number of ether oxygens (including phenoxy) is 1. The Bertz CT molecular complexity index is 376. The summed E-state index contributed by atoms with van der Waals surface area (Å²) in [5, 5.41) is 0. The van der Waals surface area contributed by atoms with Crippen molar-refractivity contribution in [3.8, 4) is 0 Å². The summed E-state index contributed by atoms with van der Waals surface area (Å²) in [6, 6.07) is 10.8. The molecule has 1 heterocycles. The maximum Gasteiger partial charge on any atom is 0.0696 e. The summed E-state index contributed by atoms with van der Waals surface area (Å²) in [7, 11) is 0. The van der Waals surface area contributed by atoms with E-state index in [1.54, 1.807) is 0 Å². The van der Waals surface area contributed by atoms with Gasteiger partial charge in [0.2, 0.25) is 0 Å².